The van der Waals surface area contributed by atoms with Crippen molar-refractivity contribution in [2.24, 2.45) is 0 Å². The largest absolute Gasteiger partial charge is 0.416 e. The van der Waals surface area contributed by atoms with Crippen molar-refractivity contribution in [1.29, 1.82) is 0 Å². The molecule has 9 heteroatoms. The Hall–Kier alpha value is -2.75. The molecule has 2 heterocycles. The highest BCUT2D eigenvalue weighted by Crippen LogP contribution is 2.30. The van der Waals surface area contributed by atoms with Gasteiger partial charge in [-0.1, -0.05) is 34.1 Å². The summed E-state index contributed by atoms with van der Waals surface area (Å²) in [7, 11) is 4.12. The summed E-state index contributed by atoms with van der Waals surface area (Å²) in [4.78, 5) is 22.3. The summed E-state index contributed by atoms with van der Waals surface area (Å²) in [5.41, 5.74) is 1.25. The van der Waals surface area contributed by atoms with Crippen LogP contribution < -0.4 is 5.32 Å². The zero-order chi connectivity index (χ0) is 25.2. The summed E-state index contributed by atoms with van der Waals surface area (Å²) in [6.45, 7) is 3.30. The van der Waals surface area contributed by atoms with Crippen molar-refractivity contribution in [1.82, 2.24) is 20.1 Å². The summed E-state index contributed by atoms with van der Waals surface area (Å²) in [6.07, 6.45) is -1.22. The lowest BCUT2D eigenvalue weighted by atomic mass is 10.1. The van der Waals surface area contributed by atoms with Crippen LogP contribution in [0, 0.1) is 0 Å². The maximum Gasteiger partial charge on any atom is 0.416 e. The zero-order valence-electron chi connectivity index (χ0n) is 19.4. The average Bonchev–Trinajstić information content (AvgIpc) is 2.82. The van der Waals surface area contributed by atoms with Gasteiger partial charge >= 0.3 is 6.18 Å². The van der Waals surface area contributed by atoms with E-state index in [4.69, 9.17) is 0 Å². The van der Waals surface area contributed by atoms with Gasteiger partial charge in [-0.15, -0.1) is 0 Å². The van der Waals surface area contributed by atoms with Crippen LogP contribution in [0.25, 0.3) is 23.1 Å². The van der Waals surface area contributed by atoms with E-state index in [0.29, 0.717) is 34.3 Å². The lowest BCUT2D eigenvalue weighted by Gasteiger charge is -2.37. The van der Waals surface area contributed by atoms with Crippen LogP contribution in [-0.4, -0.2) is 67.0 Å². The number of aromatic nitrogens is 1. The van der Waals surface area contributed by atoms with E-state index in [1.54, 1.807) is 24.3 Å². The molecule has 184 valence electrons. The van der Waals surface area contributed by atoms with E-state index < -0.39 is 11.7 Å². The molecule has 1 saturated heterocycles. The van der Waals surface area contributed by atoms with Crippen molar-refractivity contribution in [3.05, 3.63) is 75.4 Å². The quantitative estimate of drug-likeness (QED) is 0.480. The maximum absolute atomic E-state index is 13.2. The molecular formula is C26H26BrF3N4O. The summed E-state index contributed by atoms with van der Waals surface area (Å²) in [6, 6.07) is 12.4. The summed E-state index contributed by atoms with van der Waals surface area (Å²) in [5, 5.41) is 3.75. The molecule has 5 nitrogen and oxygen atoms in total. The number of nitrogens with one attached hydrogen (secondary N) is 1. The van der Waals surface area contributed by atoms with Crippen molar-refractivity contribution in [2.75, 3.05) is 40.3 Å². The van der Waals surface area contributed by atoms with Crippen molar-refractivity contribution < 1.29 is 18.0 Å². The number of fused-ring (bicyclic) bond motifs is 1. The summed E-state index contributed by atoms with van der Waals surface area (Å²) in [5.74, 6) is -0.217. The second-order valence-electron chi connectivity index (χ2n) is 8.82. The van der Waals surface area contributed by atoms with Crippen LogP contribution >= 0.6 is 15.9 Å². The second kappa shape index (κ2) is 10.5. The van der Waals surface area contributed by atoms with Gasteiger partial charge in [-0.05, 0) is 62.1 Å². The first-order chi connectivity index (χ1) is 16.6. The molecule has 4 rings (SSSR count). The molecule has 1 aromatic heterocycles. The highest BCUT2D eigenvalue weighted by molar-refractivity contribution is 9.10. The van der Waals surface area contributed by atoms with Crippen molar-refractivity contribution >= 4 is 44.9 Å². The van der Waals surface area contributed by atoms with Crippen LogP contribution in [0.1, 0.15) is 27.2 Å². The first kappa shape index (κ1) is 25.3. The molecule has 1 unspecified atom stereocenters. The number of benzene rings is 2. The number of halogens is 4. The molecule has 1 atom stereocenters. The first-order valence-corrected chi connectivity index (χ1v) is 12.0. The molecule has 0 radical (unpaired) electrons. The fourth-order valence-corrected chi connectivity index (χ4v) is 4.48. The Kier molecular flexibility index (Phi) is 7.59. The Labute approximate surface area is 210 Å². The van der Waals surface area contributed by atoms with Gasteiger partial charge in [0.25, 0.3) is 5.91 Å². The van der Waals surface area contributed by atoms with Gasteiger partial charge in [0, 0.05) is 42.1 Å². The number of likely N-dealkylation sites (N-methyl/N-ethyl adjacent to an activating group) is 2. The van der Waals surface area contributed by atoms with E-state index in [9.17, 15) is 18.0 Å². The highest BCUT2D eigenvalue weighted by Gasteiger charge is 2.30. The fraction of sp³-hybridized carbons (Fsp3) is 0.308. The molecular weight excluding hydrogens is 521 g/mol. The van der Waals surface area contributed by atoms with Gasteiger partial charge in [-0.3, -0.25) is 9.69 Å². The van der Waals surface area contributed by atoms with Gasteiger partial charge in [0.05, 0.1) is 22.3 Å². The van der Waals surface area contributed by atoms with Gasteiger partial charge in [0.2, 0.25) is 0 Å². The van der Waals surface area contributed by atoms with E-state index in [2.05, 4.69) is 50.1 Å². The lowest BCUT2D eigenvalue weighted by Crippen LogP contribution is -2.54. The van der Waals surface area contributed by atoms with Crippen LogP contribution in [-0.2, 0) is 6.18 Å². The summed E-state index contributed by atoms with van der Waals surface area (Å²) < 4.78 is 39.9. The Morgan fingerprint density at radius 3 is 2.71 bits per heavy atom. The molecule has 0 saturated carbocycles. The predicted molar refractivity (Wildman–Crippen MR) is 136 cm³/mol. The van der Waals surface area contributed by atoms with Crippen molar-refractivity contribution in [3.63, 3.8) is 0 Å². The van der Waals surface area contributed by atoms with E-state index in [1.165, 1.54) is 6.07 Å². The maximum atomic E-state index is 13.2. The molecule has 1 aliphatic rings. The monoisotopic (exact) mass is 546 g/mol. The van der Waals surface area contributed by atoms with E-state index in [0.717, 1.165) is 36.2 Å². The number of pyridine rings is 1. The molecule has 1 N–H and O–H groups in total. The second-order valence-corrected chi connectivity index (χ2v) is 9.74. The normalized spacial score (nSPS) is 17.8. The number of piperazine rings is 1. The number of amides is 1. The SMILES string of the molecule is CN1CCN(C)C(CNC(=O)c2cc(/C=C/c3cccc(C(F)(F)F)c3)nc3ccc(Br)cc23)C1. The van der Waals surface area contributed by atoms with E-state index in [-0.39, 0.29) is 11.9 Å². The Morgan fingerprint density at radius 1 is 1.14 bits per heavy atom. The minimum absolute atomic E-state index is 0.206. The van der Waals surface area contributed by atoms with Crippen LogP contribution in [0.2, 0.25) is 0 Å². The molecule has 1 amide bonds. The van der Waals surface area contributed by atoms with Gasteiger partial charge in [-0.25, -0.2) is 4.98 Å². The molecule has 3 aromatic rings. The van der Waals surface area contributed by atoms with E-state index in [1.807, 2.05) is 18.2 Å². The molecule has 1 fully saturated rings. The minimum atomic E-state index is -4.41. The molecule has 0 bridgehead atoms. The number of carbonyl (C=O) groups excluding carboxylic acids is 1. The Bertz CT molecular complexity index is 1260. The van der Waals surface area contributed by atoms with Crippen LogP contribution in [0.3, 0.4) is 0 Å². The number of nitrogens with zero attached hydrogens (tertiary/aromatic N) is 3. The Morgan fingerprint density at radius 2 is 1.94 bits per heavy atom. The van der Waals surface area contributed by atoms with Crippen LogP contribution in [0.15, 0.2) is 53.0 Å². The van der Waals surface area contributed by atoms with Gasteiger partial charge in [-0.2, -0.15) is 13.2 Å². The van der Waals surface area contributed by atoms with E-state index >= 15 is 0 Å². The lowest BCUT2D eigenvalue weighted by molar-refractivity contribution is -0.137. The number of hydrogen-bond acceptors (Lipinski definition) is 4. The zero-order valence-corrected chi connectivity index (χ0v) is 21.0. The fourth-order valence-electron chi connectivity index (χ4n) is 4.12. The number of hydrogen-bond donors (Lipinski definition) is 1. The smallest absolute Gasteiger partial charge is 0.350 e. The molecule has 0 spiro atoms. The average molecular weight is 547 g/mol. The van der Waals surface area contributed by atoms with Gasteiger partial charge < -0.3 is 10.2 Å². The predicted octanol–water partition coefficient (Wildman–Crippen LogP) is 5.16. The van der Waals surface area contributed by atoms with Crippen molar-refractivity contribution in [3.8, 4) is 0 Å². The molecule has 35 heavy (non-hydrogen) atoms. The number of carbonyl (C=O) groups is 1. The summed E-state index contributed by atoms with van der Waals surface area (Å²) >= 11 is 3.46. The standard InChI is InChI=1S/C26H26BrF3N4O/c1-33-10-11-34(2)21(16-33)15-31-25(35)23-14-20(32-24-9-7-19(27)13-22(23)24)8-6-17-4-3-5-18(12-17)26(28,29)30/h3-9,12-14,21H,10-11,15-16H2,1-2H3,(H,31,35)/b8-6+. The molecule has 0 aliphatic carbocycles. The minimum Gasteiger partial charge on any atom is -0.350 e. The topological polar surface area (TPSA) is 48.5 Å². The highest BCUT2D eigenvalue weighted by atomic mass is 79.9. The van der Waals surface area contributed by atoms with Gasteiger partial charge in [0.1, 0.15) is 0 Å². The third-order valence-corrected chi connectivity index (χ3v) is 6.67. The van der Waals surface area contributed by atoms with Gasteiger partial charge in [0.15, 0.2) is 0 Å². The number of rotatable bonds is 5. The molecule has 1 aliphatic heterocycles. The van der Waals surface area contributed by atoms with Crippen LogP contribution in [0.4, 0.5) is 13.2 Å². The third-order valence-electron chi connectivity index (χ3n) is 6.17. The van der Waals surface area contributed by atoms with Crippen LogP contribution in [0.5, 0.6) is 0 Å². The third kappa shape index (κ3) is 6.28. The Balaban J connectivity index is 1.61. The number of alkyl halides is 3. The molecule has 2 aromatic carbocycles. The first-order valence-electron chi connectivity index (χ1n) is 11.2. The van der Waals surface area contributed by atoms with Crippen molar-refractivity contribution in [2.45, 2.75) is 12.2 Å².